The molecule has 3 aliphatic rings. The van der Waals surface area contributed by atoms with E-state index in [2.05, 4.69) is 15.5 Å². The first-order chi connectivity index (χ1) is 16.8. The number of nitrogens with one attached hydrogen (secondary N) is 1. The summed E-state index contributed by atoms with van der Waals surface area (Å²) >= 11 is 1.87. The number of aromatic nitrogens is 1. The fraction of sp³-hybridized carbons (Fsp3) is 0.526. The number of nitrogen functional groups attached to an aromatic ring is 1. The van der Waals surface area contributed by atoms with Crippen LogP contribution in [0.2, 0.25) is 0 Å². The first-order valence-electron chi connectivity index (χ1n) is 10.6. The van der Waals surface area contributed by atoms with Crippen LogP contribution >= 0.6 is 23.1 Å². The molecule has 15 nitrogen and oxygen atoms in total. The van der Waals surface area contributed by atoms with Gasteiger partial charge in [-0.3, -0.25) is 14.4 Å². The second-order valence-corrected chi connectivity index (χ2v) is 11.1. The molecule has 194 valence electrons. The average Bonchev–Trinajstić information content (AvgIpc) is 3.49. The fourth-order valence-electron chi connectivity index (χ4n) is 3.88. The zero-order valence-corrected chi connectivity index (χ0v) is 20.7. The number of β-lactam (4-membered cyclic amide) rings is 1. The Morgan fingerprint density at radius 1 is 1.31 bits per heavy atom. The van der Waals surface area contributed by atoms with Crippen LogP contribution in [-0.4, -0.2) is 101 Å². The van der Waals surface area contributed by atoms with Crippen molar-refractivity contribution in [3.63, 3.8) is 0 Å². The van der Waals surface area contributed by atoms with Gasteiger partial charge in [-0.2, -0.15) is 0 Å². The number of nitrogens with two attached hydrogens (primary N) is 2. The van der Waals surface area contributed by atoms with Crippen LogP contribution < -0.4 is 16.8 Å². The van der Waals surface area contributed by atoms with Gasteiger partial charge in [0.2, 0.25) is 22.3 Å². The van der Waals surface area contributed by atoms with E-state index in [0.29, 0.717) is 0 Å². The number of likely N-dealkylation sites (tertiary alicyclic amines) is 1. The largest absolute Gasteiger partial charge is 0.479 e. The minimum Gasteiger partial charge on any atom is -0.479 e. The van der Waals surface area contributed by atoms with E-state index >= 15 is 0 Å². The van der Waals surface area contributed by atoms with Crippen molar-refractivity contribution in [2.75, 3.05) is 18.8 Å². The Morgan fingerprint density at radius 3 is 2.53 bits per heavy atom. The maximum Gasteiger partial charge on any atom is 0.350 e. The number of carbonyl (C=O) groups is 5. The molecular weight excluding hydrogens is 518 g/mol. The Kier molecular flexibility index (Phi) is 6.34. The molecule has 3 fully saturated rings. The molecule has 0 spiro atoms. The van der Waals surface area contributed by atoms with Gasteiger partial charge in [-0.05, 0) is 20.3 Å². The molecule has 36 heavy (non-hydrogen) atoms. The summed E-state index contributed by atoms with van der Waals surface area (Å²) in [5.74, 6) is -4.62. The predicted molar refractivity (Wildman–Crippen MR) is 126 cm³/mol. The molecule has 0 bridgehead atoms. The molecule has 3 amide bonds. The first kappa shape index (κ1) is 25.6. The molecule has 4 heterocycles. The zero-order valence-electron chi connectivity index (χ0n) is 19.0. The molecule has 0 radical (unpaired) electrons. The molecule has 0 saturated carbocycles. The molecule has 4 atom stereocenters. The summed E-state index contributed by atoms with van der Waals surface area (Å²) in [6.45, 7) is 2.32. The number of thiazole rings is 1. The Labute approximate surface area is 211 Å². The summed E-state index contributed by atoms with van der Waals surface area (Å²) < 4.78 is 0. The molecular formula is C19H23N7O8S2. The van der Waals surface area contributed by atoms with Crippen LogP contribution in [0.15, 0.2) is 10.5 Å². The second kappa shape index (κ2) is 8.90. The van der Waals surface area contributed by atoms with E-state index in [1.165, 1.54) is 29.0 Å². The smallest absolute Gasteiger partial charge is 0.350 e. The third kappa shape index (κ3) is 4.11. The van der Waals surface area contributed by atoms with Gasteiger partial charge in [0, 0.05) is 11.9 Å². The molecule has 0 aromatic carbocycles. The van der Waals surface area contributed by atoms with Crippen molar-refractivity contribution in [2.45, 2.75) is 48.2 Å². The SMILES string of the molecule is CC(C)(O/N=C(\C(=O)N[C@@H]1C(=O)N2C[C@@](C(=O)O)(N3CC[C@@H](N)C3=O)S[C@H]12)c1csc(N)n1)C(=O)O. The van der Waals surface area contributed by atoms with E-state index in [9.17, 15) is 34.2 Å². The number of carboxylic acids is 2. The lowest BCUT2D eigenvalue weighted by molar-refractivity contribution is -0.161. The van der Waals surface area contributed by atoms with Crippen molar-refractivity contribution in [1.29, 1.82) is 0 Å². The van der Waals surface area contributed by atoms with Crippen molar-refractivity contribution in [3.8, 4) is 0 Å². The molecule has 4 rings (SSSR count). The summed E-state index contributed by atoms with van der Waals surface area (Å²) in [4.78, 5) is 71.7. The van der Waals surface area contributed by atoms with Gasteiger partial charge in [0.1, 0.15) is 17.1 Å². The Bertz CT molecular complexity index is 1190. The number of carboxylic acid groups (broad SMARTS) is 2. The molecule has 3 aliphatic heterocycles. The number of anilines is 1. The summed E-state index contributed by atoms with van der Waals surface area (Å²) in [7, 11) is 0. The van der Waals surface area contributed by atoms with E-state index in [4.69, 9.17) is 16.3 Å². The predicted octanol–water partition coefficient (Wildman–Crippen LogP) is -1.95. The van der Waals surface area contributed by atoms with Crippen molar-refractivity contribution >= 4 is 63.6 Å². The number of aliphatic carboxylic acids is 2. The molecule has 3 saturated heterocycles. The Balaban J connectivity index is 1.55. The third-order valence-corrected chi connectivity index (χ3v) is 8.36. The number of hydrogen-bond donors (Lipinski definition) is 5. The van der Waals surface area contributed by atoms with Crippen LogP contribution in [0.1, 0.15) is 26.0 Å². The number of nitrogens with zero attached hydrogens (tertiary/aromatic N) is 4. The van der Waals surface area contributed by atoms with E-state index in [1.54, 1.807) is 0 Å². The summed E-state index contributed by atoms with van der Waals surface area (Å²) in [5.41, 5.74) is 9.20. The van der Waals surface area contributed by atoms with Crippen LogP contribution in [0.5, 0.6) is 0 Å². The van der Waals surface area contributed by atoms with Gasteiger partial charge < -0.3 is 41.6 Å². The van der Waals surface area contributed by atoms with Crippen molar-refractivity contribution < 1.29 is 39.0 Å². The van der Waals surface area contributed by atoms with Gasteiger partial charge in [-0.1, -0.05) is 16.9 Å². The molecule has 1 aromatic heterocycles. The van der Waals surface area contributed by atoms with E-state index in [0.717, 1.165) is 23.1 Å². The van der Waals surface area contributed by atoms with Crippen LogP contribution in [0.25, 0.3) is 0 Å². The number of rotatable bonds is 8. The van der Waals surface area contributed by atoms with Crippen LogP contribution in [0.4, 0.5) is 5.13 Å². The number of oxime groups is 1. The highest BCUT2D eigenvalue weighted by Gasteiger charge is 2.66. The Morgan fingerprint density at radius 2 is 2.00 bits per heavy atom. The highest BCUT2D eigenvalue weighted by atomic mass is 32.2. The number of fused-ring (bicyclic) bond motifs is 1. The lowest BCUT2D eigenvalue weighted by atomic mass is 10.1. The van der Waals surface area contributed by atoms with Crippen molar-refractivity contribution in [2.24, 2.45) is 10.9 Å². The lowest BCUT2D eigenvalue weighted by Crippen LogP contribution is -2.68. The maximum absolute atomic E-state index is 13.1. The van der Waals surface area contributed by atoms with E-state index in [1.807, 2.05) is 0 Å². The second-order valence-electron chi connectivity index (χ2n) is 8.82. The van der Waals surface area contributed by atoms with Gasteiger partial charge in [-0.25, -0.2) is 14.6 Å². The average molecular weight is 542 g/mol. The van der Waals surface area contributed by atoms with Gasteiger partial charge in [0.25, 0.3) is 5.91 Å². The van der Waals surface area contributed by atoms with Gasteiger partial charge in [-0.15, -0.1) is 11.3 Å². The standard InChI is InChI=1S/C19H23N7O8S2/c1-18(2,15(30)31)34-24-9(8-5-35-17(21)22-8)11(27)23-10-13(29)25-6-19(16(32)33,36-14(10)25)26-4-3-7(20)12(26)28/h5,7,10,14H,3-4,6,20H2,1-2H3,(H2,21,22)(H,23,27)(H,30,31)(H,32,33)/b24-9-/t7-,10-,14-,19-/m1/s1. The number of hydrogen-bond acceptors (Lipinski definition) is 12. The molecule has 17 heteroatoms. The molecule has 0 aliphatic carbocycles. The first-order valence-corrected chi connectivity index (χ1v) is 12.3. The summed E-state index contributed by atoms with van der Waals surface area (Å²) in [6, 6.07) is -1.95. The minimum absolute atomic E-state index is 0.00424. The third-order valence-electron chi connectivity index (χ3n) is 6.01. The van der Waals surface area contributed by atoms with Gasteiger partial charge in [0.05, 0.1) is 12.6 Å². The Hall–Kier alpha value is -3.44. The number of thioether (sulfide) groups is 1. The van der Waals surface area contributed by atoms with Crippen LogP contribution in [-0.2, 0) is 28.8 Å². The van der Waals surface area contributed by atoms with E-state index < -0.39 is 63.3 Å². The fourth-order valence-corrected chi connectivity index (χ4v) is 6.07. The van der Waals surface area contributed by atoms with Crippen molar-refractivity contribution in [3.05, 3.63) is 11.1 Å². The zero-order chi connectivity index (χ0) is 26.6. The number of carbonyl (C=O) groups excluding carboxylic acids is 3. The van der Waals surface area contributed by atoms with E-state index in [-0.39, 0.29) is 30.3 Å². The summed E-state index contributed by atoms with van der Waals surface area (Å²) in [5, 5.41) is 26.2. The number of amides is 3. The topological polar surface area (TPSA) is 231 Å². The molecule has 1 aromatic rings. The van der Waals surface area contributed by atoms with Gasteiger partial charge in [0.15, 0.2) is 10.8 Å². The van der Waals surface area contributed by atoms with Gasteiger partial charge >= 0.3 is 11.9 Å². The summed E-state index contributed by atoms with van der Waals surface area (Å²) in [6.07, 6.45) is 0.288. The highest BCUT2D eigenvalue weighted by Crippen LogP contribution is 2.49. The molecule has 7 N–H and O–H groups in total. The lowest BCUT2D eigenvalue weighted by Gasteiger charge is -2.41. The van der Waals surface area contributed by atoms with Crippen LogP contribution in [0, 0.1) is 0 Å². The van der Waals surface area contributed by atoms with Crippen molar-refractivity contribution in [1.82, 2.24) is 20.1 Å². The molecule has 0 unspecified atom stereocenters. The highest BCUT2D eigenvalue weighted by molar-refractivity contribution is 8.02. The monoisotopic (exact) mass is 541 g/mol. The minimum atomic E-state index is -1.78. The van der Waals surface area contributed by atoms with Crippen LogP contribution in [0.3, 0.4) is 0 Å². The maximum atomic E-state index is 13.1. The quantitative estimate of drug-likeness (QED) is 0.137. The normalized spacial score (nSPS) is 28.1.